The zero-order valence-corrected chi connectivity index (χ0v) is 13.2. The van der Waals surface area contributed by atoms with Crippen LogP contribution in [0.25, 0.3) is 0 Å². The quantitative estimate of drug-likeness (QED) is 0.862. The average molecular weight is 298 g/mol. The number of rotatable bonds is 3. The number of nitrogens with zero attached hydrogens (tertiary/aromatic N) is 2. The van der Waals surface area contributed by atoms with Crippen molar-refractivity contribution in [1.29, 1.82) is 0 Å². The lowest BCUT2D eigenvalue weighted by molar-refractivity contribution is -0.148. The number of carboxylic acid groups (broad SMARTS) is 1. The summed E-state index contributed by atoms with van der Waals surface area (Å²) < 4.78 is 5.64. The molecule has 2 aliphatic heterocycles. The van der Waals surface area contributed by atoms with Gasteiger partial charge in [-0.25, -0.2) is 4.79 Å². The van der Waals surface area contributed by atoms with Gasteiger partial charge in [-0.3, -0.25) is 4.79 Å². The van der Waals surface area contributed by atoms with Crippen LogP contribution in [-0.4, -0.2) is 65.3 Å². The van der Waals surface area contributed by atoms with E-state index in [0.717, 1.165) is 6.42 Å². The van der Waals surface area contributed by atoms with Crippen molar-refractivity contribution in [1.82, 2.24) is 9.80 Å². The monoisotopic (exact) mass is 298 g/mol. The molecule has 6 nitrogen and oxygen atoms in total. The molecule has 0 aromatic rings. The molecule has 6 heteroatoms. The third-order valence-electron chi connectivity index (χ3n) is 4.50. The standard InChI is InChI=1S/C15H26N2O4/c1-4-5-15(13(18)19)6-7-16(10-15)14(20)17-8-11(2)21-12(3)9-17/h11-12H,4-10H2,1-3H3,(H,18,19). The molecule has 3 unspecified atom stereocenters. The van der Waals surface area contributed by atoms with E-state index in [1.807, 2.05) is 20.8 Å². The second-order valence-electron chi connectivity index (χ2n) is 6.45. The number of morpholine rings is 1. The van der Waals surface area contributed by atoms with E-state index in [2.05, 4.69) is 0 Å². The minimum atomic E-state index is -0.775. The maximum atomic E-state index is 12.6. The van der Waals surface area contributed by atoms with Crippen LogP contribution in [0.4, 0.5) is 4.79 Å². The summed E-state index contributed by atoms with van der Waals surface area (Å²) in [4.78, 5) is 27.7. The fourth-order valence-electron chi connectivity index (χ4n) is 3.53. The number of hydrogen-bond acceptors (Lipinski definition) is 3. The molecule has 0 aliphatic carbocycles. The van der Waals surface area contributed by atoms with E-state index in [9.17, 15) is 14.7 Å². The third kappa shape index (κ3) is 3.31. The van der Waals surface area contributed by atoms with Gasteiger partial charge in [-0.05, 0) is 26.7 Å². The van der Waals surface area contributed by atoms with Crippen molar-refractivity contribution in [2.45, 2.75) is 52.2 Å². The first-order chi connectivity index (χ1) is 9.88. The maximum absolute atomic E-state index is 12.6. The summed E-state index contributed by atoms with van der Waals surface area (Å²) in [6.07, 6.45) is 2.06. The summed E-state index contributed by atoms with van der Waals surface area (Å²) in [5.74, 6) is -0.775. The number of ether oxygens (including phenoxy) is 1. The number of carboxylic acids is 1. The summed E-state index contributed by atoms with van der Waals surface area (Å²) >= 11 is 0. The Morgan fingerprint density at radius 2 is 1.86 bits per heavy atom. The van der Waals surface area contributed by atoms with Crippen molar-refractivity contribution in [2.24, 2.45) is 5.41 Å². The van der Waals surface area contributed by atoms with Crippen LogP contribution in [0.2, 0.25) is 0 Å². The minimum absolute atomic E-state index is 0.0279. The van der Waals surface area contributed by atoms with Crippen molar-refractivity contribution >= 4 is 12.0 Å². The number of urea groups is 1. The van der Waals surface area contributed by atoms with E-state index in [4.69, 9.17) is 4.74 Å². The number of hydrogen-bond donors (Lipinski definition) is 1. The smallest absolute Gasteiger partial charge is 0.320 e. The average Bonchev–Trinajstić information content (AvgIpc) is 2.83. The minimum Gasteiger partial charge on any atom is -0.481 e. The first kappa shape index (κ1) is 16.1. The highest BCUT2D eigenvalue weighted by Gasteiger charge is 2.46. The van der Waals surface area contributed by atoms with E-state index in [0.29, 0.717) is 39.0 Å². The number of aliphatic carboxylic acids is 1. The zero-order chi connectivity index (χ0) is 15.6. The molecule has 2 fully saturated rings. The molecule has 120 valence electrons. The van der Waals surface area contributed by atoms with Gasteiger partial charge in [0.25, 0.3) is 0 Å². The highest BCUT2D eigenvalue weighted by molar-refractivity contribution is 5.80. The van der Waals surface area contributed by atoms with Crippen LogP contribution >= 0.6 is 0 Å². The van der Waals surface area contributed by atoms with Crippen molar-refractivity contribution < 1.29 is 19.4 Å². The lowest BCUT2D eigenvalue weighted by Crippen LogP contribution is -2.52. The molecule has 2 aliphatic rings. The van der Waals surface area contributed by atoms with Gasteiger partial charge in [0.05, 0.1) is 17.6 Å². The van der Waals surface area contributed by atoms with Crippen molar-refractivity contribution in [3.05, 3.63) is 0 Å². The highest BCUT2D eigenvalue weighted by Crippen LogP contribution is 2.36. The van der Waals surface area contributed by atoms with Crippen molar-refractivity contribution in [3.8, 4) is 0 Å². The lowest BCUT2D eigenvalue weighted by atomic mass is 9.83. The largest absolute Gasteiger partial charge is 0.481 e. The van der Waals surface area contributed by atoms with Crippen molar-refractivity contribution in [3.63, 3.8) is 0 Å². The molecule has 2 amide bonds. The highest BCUT2D eigenvalue weighted by atomic mass is 16.5. The predicted molar refractivity (Wildman–Crippen MR) is 78.1 cm³/mol. The summed E-state index contributed by atoms with van der Waals surface area (Å²) in [5, 5.41) is 9.52. The number of amides is 2. The molecule has 0 aromatic heterocycles. The molecule has 2 saturated heterocycles. The van der Waals surface area contributed by atoms with Gasteiger partial charge in [0.2, 0.25) is 0 Å². The Kier molecular flexibility index (Phi) is 4.76. The first-order valence-corrected chi connectivity index (χ1v) is 7.80. The Labute approximate surface area is 126 Å². The van der Waals surface area contributed by atoms with Crippen LogP contribution < -0.4 is 0 Å². The molecule has 2 heterocycles. The van der Waals surface area contributed by atoms with Crippen LogP contribution in [-0.2, 0) is 9.53 Å². The molecule has 0 bridgehead atoms. The van der Waals surface area contributed by atoms with Gasteiger partial charge in [0.1, 0.15) is 0 Å². The Hall–Kier alpha value is -1.30. The SMILES string of the molecule is CCCC1(C(=O)O)CCN(C(=O)N2CC(C)OC(C)C2)C1. The summed E-state index contributed by atoms with van der Waals surface area (Å²) in [5.41, 5.74) is -0.756. The van der Waals surface area contributed by atoms with Crippen LogP contribution in [0.1, 0.15) is 40.0 Å². The maximum Gasteiger partial charge on any atom is 0.320 e. The van der Waals surface area contributed by atoms with Gasteiger partial charge in [0, 0.05) is 26.2 Å². The van der Waals surface area contributed by atoms with Gasteiger partial charge >= 0.3 is 12.0 Å². The zero-order valence-electron chi connectivity index (χ0n) is 13.2. The normalized spacial score (nSPS) is 33.3. The topological polar surface area (TPSA) is 70.1 Å². The van der Waals surface area contributed by atoms with Crippen LogP contribution in [0, 0.1) is 5.41 Å². The molecule has 0 aromatic carbocycles. The fourth-order valence-corrected chi connectivity index (χ4v) is 3.53. The Balaban J connectivity index is 2.03. The molecule has 21 heavy (non-hydrogen) atoms. The fraction of sp³-hybridized carbons (Fsp3) is 0.867. The Morgan fingerprint density at radius 1 is 1.24 bits per heavy atom. The second-order valence-corrected chi connectivity index (χ2v) is 6.45. The molecule has 3 atom stereocenters. The van der Waals surface area contributed by atoms with E-state index >= 15 is 0 Å². The van der Waals surface area contributed by atoms with Gasteiger partial charge in [-0.15, -0.1) is 0 Å². The van der Waals surface area contributed by atoms with Gasteiger partial charge in [0.15, 0.2) is 0 Å². The number of likely N-dealkylation sites (tertiary alicyclic amines) is 1. The summed E-state index contributed by atoms with van der Waals surface area (Å²) in [7, 11) is 0. The molecule has 0 radical (unpaired) electrons. The molecule has 0 saturated carbocycles. The predicted octanol–water partition coefficient (Wildman–Crippen LogP) is 1.79. The van der Waals surface area contributed by atoms with E-state index in [1.165, 1.54) is 0 Å². The summed E-state index contributed by atoms with van der Waals surface area (Å²) in [6.45, 7) is 7.92. The van der Waals surface area contributed by atoms with Crippen LogP contribution in [0.5, 0.6) is 0 Å². The van der Waals surface area contributed by atoms with Crippen molar-refractivity contribution in [2.75, 3.05) is 26.2 Å². The van der Waals surface area contributed by atoms with Crippen LogP contribution in [0.3, 0.4) is 0 Å². The second kappa shape index (κ2) is 6.22. The first-order valence-electron chi connectivity index (χ1n) is 7.80. The molecule has 1 N–H and O–H groups in total. The van der Waals surface area contributed by atoms with Crippen LogP contribution in [0.15, 0.2) is 0 Å². The number of carbonyl (C=O) groups excluding carboxylic acids is 1. The third-order valence-corrected chi connectivity index (χ3v) is 4.50. The van der Waals surface area contributed by atoms with Gasteiger partial charge in [-0.2, -0.15) is 0 Å². The molecule has 0 spiro atoms. The van der Waals surface area contributed by atoms with E-state index in [-0.39, 0.29) is 18.2 Å². The molecular weight excluding hydrogens is 272 g/mol. The molecular formula is C15H26N2O4. The molecule has 2 rings (SSSR count). The Bertz CT molecular complexity index is 404. The summed E-state index contributed by atoms with van der Waals surface area (Å²) in [6, 6.07) is -0.0452. The number of carbonyl (C=O) groups is 2. The van der Waals surface area contributed by atoms with Gasteiger partial charge in [-0.1, -0.05) is 13.3 Å². The lowest BCUT2D eigenvalue weighted by Gasteiger charge is -2.37. The van der Waals surface area contributed by atoms with E-state index in [1.54, 1.807) is 9.80 Å². The Morgan fingerprint density at radius 3 is 2.38 bits per heavy atom. The van der Waals surface area contributed by atoms with Gasteiger partial charge < -0.3 is 19.6 Å². The van der Waals surface area contributed by atoms with E-state index < -0.39 is 11.4 Å².